The van der Waals surface area contributed by atoms with Gasteiger partial charge in [0.05, 0.1) is 0 Å². The number of hydrogen-bond donors (Lipinski definition) is 0. The molecular formula is C43H26N2O2S. The fourth-order valence-corrected chi connectivity index (χ4v) is 7.99. The first-order chi connectivity index (χ1) is 23.8. The fraction of sp³-hybridized carbons (Fsp3) is 0. The van der Waals surface area contributed by atoms with Gasteiger partial charge in [-0.3, -0.25) is 0 Å². The minimum atomic E-state index is 0.636. The number of furan rings is 1. The van der Waals surface area contributed by atoms with Crippen LogP contribution in [-0.2, 0) is 0 Å². The van der Waals surface area contributed by atoms with Crippen molar-refractivity contribution < 1.29 is 8.83 Å². The number of rotatable bonds is 5. The Morgan fingerprint density at radius 1 is 0.458 bits per heavy atom. The summed E-state index contributed by atoms with van der Waals surface area (Å²) < 4.78 is 14.9. The van der Waals surface area contributed by atoms with Crippen LogP contribution in [0.4, 0.5) is 17.1 Å². The van der Waals surface area contributed by atoms with Crippen molar-refractivity contribution in [3.8, 4) is 22.6 Å². The summed E-state index contributed by atoms with van der Waals surface area (Å²) in [4.78, 5) is 7.22. The summed E-state index contributed by atoms with van der Waals surface area (Å²) in [7, 11) is 0. The Bertz CT molecular complexity index is 2780. The van der Waals surface area contributed by atoms with E-state index in [1.807, 2.05) is 36.4 Å². The first-order valence-corrected chi connectivity index (χ1v) is 16.8. The SMILES string of the molecule is c1ccc(-c2cccc(N(c3ccc4oc5ccccc5c4c3)c3ccc4sc5cccc(-c6nc7ccccc7o6)c5c4c3)c2)cc1. The summed E-state index contributed by atoms with van der Waals surface area (Å²) in [5, 5.41) is 4.52. The lowest BCUT2D eigenvalue weighted by Gasteiger charge is -2.26. The van der Waals surface area contributed by atoms with Gasteiger partial charge >= 0.3 is 0 Å². The molecular weight excluding hydrogens is 609 g/mol. The van der Waals surface area contributed by atoms with Crippen molar-refractivity contribution >= 4 is 81.6 Å². The van der Waals surface area contributed by atoms with E-state index in [4.69, 9.17) is 13.8 Å². The zero-order valence-electron chi connectivity index (χ0n) is 25.6. The molecule has 0 aliphatic rings. The minimum Gasteiger partial charge on any atom is -0.456 e. The Hall–Kier alpha value is -6.17. The lowest BCUT2D eigenvalue weighted by atomic mass is 10.0. The molecule has 5 heteroatoms. The molecule has 48 heavy (non-hydrogen) atoms. The smallest absolute Gasteiger partial charge is 0.227 e. The van der Waals surface area contributed by atoms with E-state index >= 15 is 0 Å². The predicted octanol–water partition coefficient (Wildman–Crippen LogP) is 12.9. The van der Waals surface area contributed by atoms with Crippen LogP contribution in [0, 0.1) is 0 Å². The van der Waals surface area contributed by atoms with E-state index in [9.17, 15) is 0 Å². The van der Waals surface area contributed by atoms with Gasteiger partial charge in [-0.2, -0.15) is 0 Å². The molecule has 0 saturated carbocycles. The standard InChI is InChI=1S/C43H26N2O2S/c1-2-10-27(11-3-1)28-12-8-13-29(24-28)45(30-20-22-38-34(25-30)32-14-4-6-17-37(32)46-38)31-21-23-40-35(26-31)42-33(15-9-19-41(42)48-40)43-44-36-16-5-7-18-39(36)47-43/h1-26H. The number of aromatic nitrogens is 1. The number of para-hydroxylation sites is 3. The molecule has 0 fully saturated rings. The Labute approximate surface area is 279 Å². The molecule has 3 heterocycles. The van der Waals surface area contributed by atoms with Gasteiger partial charge in [0.25, 0.3) is 0 Å². The molecule has 0 atom stereocenters. The molecule has 0 aliphatic heterocycles. The predicted molar refractivity (Wildman–Crippen MR) is 200 cm³/mol. The van der Waals surface area contributed by atoms with Crippen LogP contribution < -0.4 is 4.90 Å². The molecule has 0 aliphatic carbocycles. The van der Waals surface area contributed by atoms with Crippen LogP contribution in [0.25, 0.3) is 75.8 Å². The quantitative estimate of drug-likeness (QED) is 0.189. The molecule has 0 N–H and O–H groups in total. The Morgan fingerprint density at radius 3 is 2.06 bits per heavy atom. The van der Waals surface area contributed by atoms with Crippen molar-refractivity contribution in [2.75, 3.05) is 4.90 Å². The van der Waals surface area contributed by atoms with Gasteiger partial charge in [0, 0.05) is 53.6 Å². The second-order valence-corrected chi connectivity index (χ2v) is 13.1. The van der Waals surface area contributed by atoms with Crippen LogP contribution in [0.3, 0.4) is 0 Å². The molecule has 0 unspecified atom stereocenters. The van der Waals surface area contributed by atoms with E-state index in [2.05, 4.69) is 126 Å². The topological polar surface area (TPSA) is 42.4 Å². The summed E-state index contributed by atoms with van der Waals surface area (Å²) in [6.07, 6.45) is 0. The summed E-state index contributed by atoms with van der Waals surface area (Å²) in [6, 6.07) is 55.1. The largest absolute Gasteiger partial charge is 0.456 e. The molecule has 0 spiro atoms. The van der Waals surface area contributed by atoms with Gasteiger partial charge in [-0.15, -0.1) is 11.3 Å². The number of anilines is 3. The number of thiophene rings is 1. The minimum absolute atomic E-state index is 0.636. The van der Waals surface area contributed by atoms with Gasteiger partial charge in [0.2, 0.25) is 5.89 Å². The lowest BCUT2D eigenvalue weighted by Crippen LogP contribution is -2.10. The average molecular weight is 635 g/mol. The van der Waals surface area contributed by atoms with Gasteiger partial charge in [0.1, 0.15) is 16.7 Å². The van der Waals surface area contributed by atoms with Crippen LogP contribution in [0.1, 0.15) is 0 Å². The maximum absolute atomic E-state index is 6.29. The summed E-state index contributed by atoms with van der Waals surface area (Å²) >= 11 is 1.79. The normalized spacial score (nSPS) is 11.8. The van der Waals surface area contributed by atoms with Gasteiger partial charge in [-0.25, -0.2) is 4.98 Å². The van der Waals surface area contributed by atoms with Crippen molar-refractivity contribution in [3.63, 3.8) is 0 Å². The van der Waals surface area contributed by atoms with Crippen LogP contribution in [-0.4, -0.2) is 4.98 Å². The highest BCUT2D eigenvalue weighted by molar-refractivity contribution is 7.26. The molecule has 10 aromatic rings. The van der Waals surface area contributed by atoms with E-state index in [-0.39, 0.29) is 0 Å². The highest BCUT2D eigenvalue weighted by atomic mass is 32.1. The Kier molecular flexibility index (Phi) is 6.01. The Balaban J connectivity index is 1.21. The molecule has 0 saturated heterocycles. The molecule has 0 radical (unpaired) electrons. The maximum Gasteiger partial charge on any atom is 0.227 e. The van der Waals surface area contributed by atoms with Crippen LogP contribution in [0.15, 0.2) is 167 Å². The monoisotopic (exact) mass is 634 g/mol. The summed E-state index contributed by atoms with van der Waals surface area (Å²) in [5.41, 5.74) is 9.93. The van der Waals surface area contributed by atoms with Gasteiger partial charge in [-0.05, 0) is 90.0 Å². The average Bonchev–Trinajstić information content (AvgIpc) is 3.85. The number of oxazole rings is 1. The molecule has 10 rings (SSSR count). The van der Waals surface area contributed by atoms with E-state index in [0.29, 0.717) is 5.89 Å². The summed E-state index contributed by atoms with van der Waals surface area (Å²) in [5.74, 6) is 0.636. The highest BCUT2D eigenvalue weighted by Crippen LogP contribution is 2.45. The molecule has 0 amide bonds. The van der Waals surface area contributed by atoms with Crippen molar-refractivity contribution in [1.29, 1.82) is 0 Å². The van der Waals surface area contributed by atoms with Crippen LogP contribution >= 0.6 is 11.3 Å². The van der Waals surface area contributed by atoms with Crippen LogP contribution in [0.5, 0.6) is 0 Å². The third-order valence-electron chi connectivity index (χ3n) is 9.09. The zero-order valence-corrected chi connectivity index (χ0v) is 26.4. The van der Waals surface area contributed by atoms with Crippen LogP contribution in [0.2, 0.25) is 0 Å². The van der Waals surface area contributed by atoms with Gasteiger partial charge in [0.15, 0.2) is 5.58 Å². The lowest BCUT2D eigenvalue weighted by molar-refractivity contribution is 0.620. The van der Waals surface area contributed by atoms with Crippen molar-refractivity contribution in [2.24, 2.45) is 0 Å². The second-order valence-electron chi connectivity index (χ2n) is 12.0. The van der Waals surface area contributed by atoms with Crippen molar-refractivity contribution in [2.45, 2.75) is 0 Å². The number of nitrogens with zero attached hydrogens (tertiary/aromatic N) is 2. The van der Waals surface area contributed by atoms with Gasteiger partial charge < -0.3 is 13.7 Å². The molecule has 7 aromatic carbocycles. The van der Waals surface area contributed by atoms with E-state index in [1.54, 1.807) is 11.3 Å². The van der Waals surface area contributed by atoms with Gasteiger partial charge in [-0.1, -0.05) is 78.9 Å². The summed E-state index contributed by atoms with van der Waals surface area (Å²) in [6.45, 7) is 0. The maximum atomic E-state index is 6.29. The third-order valence-corrected chi connectivity index (χ3v) is 10.2. The fourth-order valence-electron chi connectivity index (χ4n) is 6.88. The second kappa shape index (κ2) is 10.7. The van der Waals surface area contributed by atoms with E-state index < -0.39 is 0 Å². The van der Waals surface area contributed by atoms with Crippen molar-refractivity contribution in [3.05, 3.63) is 158 Å². The van der Waals surface area contributed by atoms with E-state index in [1.165, 1.54) is 20.3 Å². The third kappa shape index (κ3) is 4.33. The zero-order chi connectivity index (χ0) is 31.6. The van der Waals surface area contributed by atoms with Crippen molar-refractivity contribution in [1.82, 2.24) is 4.98 Å². The molecule has 226 valence electrons. The van der Waals surface area contributed by atoms with E-state index in [0.717, 1.165) is 66.6 Å². The molecule has 4 nitrogen and oxygen atoms in total. The number of hydrogen-bond acceptors (Lipinski definition) is 5. The first kappa shape index (κ1) is 27.0. The first-order valence-electron chi connectivity index (χ1n) is 15.9. The molecule has 0 bridgehead atoms. The number of benzene rings is 7. The molecule has 3 aromatic heterocycles. The Morgan fingerprint density at radius 2 is 1.17 bits per heavy atom. The highest BCUT2D eigenvalue weighted by Gasteiger charge is 2.20. The number of fused-ring (bicyclic) bond motifs is 7.